The summed E-state index contributed by atoms with van der Waals surface area (Å²) in [5.74, 6) is 0.899. The van der Waals surface area contributed by atoms with Crippen LogP contribution in [0.1, 0.15) is 43.7 Å². The van der Waals surface area contributed by atoms with Crippen molar-refractivity contribution in [3.05, 3.63) is 30.4 Å². The normalized spacial score (nSPS) is 26.2. The van der Waals surface area contributed by atoms with Crippen LogP contribution in [0.25, 0.3) is 21.8 Å². The molecule has 5 rings (SSSR count). The van der Waals surface area contributed by atoms with Gasteiger partial charge in [-0.1, -0.05) is 0 Å². The summed E-state index contributed by atoms with van der Waals surface area (Å²) in [6.07, 6.45) is 10.2. The van der Waals surface area contributed by atoms with Gasteiger partial charge in [0.15, 0.2) is 10.7 Å². The summed E-state index contributed by atoms with van der Waals surface area (Å²) in [7, 11) is -0.784. The molecule has 1 aliphatic heterocycles. The summed E-state index contributed by atoms with van der Waals surface area (Å²) in [6.45, 7) is 2.36. The van der Waals surface area contributed by atoms with E-state index in [1.165, 1.54) is 0 Å². The van der Waals surface area contributed by atoms with Crippen molar-refractivity contribution < 1.29 is 13.2 Å². The average molecular weight is 444 g/mol. The molecule has 31 heavy (non-hydrogen) atoms. The maximum Gasteiger partial charge on any atom is 0.156 e. The first-order valence-corrected chi connectivity index (χ1v) is 12.3. The lowest BCUT2D eigenvalue weighted by atomic mass is 9.79. The number of likely N-dealkylation sites (tertiary alicyclic amines) is 1. The maximum atomic E-state index is 12.2. The molecule has 1 aliphatic carbocycles. The van der Waals surface area contributed by atoms with Crippen molar-refractivity contribution in [2.24, 2.45) is 11.8 Å². The number of rotatable bonds is 6. The number of hydrogen-bond acceptors (Lipinski definition) is 7. The molecule has 0 amide bonds. The number of nitrogens with one attached hydrogen (secondary N) is 1. The number of nitrogens with zero attached hydrogens (tertiary/aromatic N) is 4. The second-order valence-corrected chi connectivity index (χ2v) is 10.1. The molecule has 2 aliphatic rings. The molecule has 1 saturated carbocycles. The minimum absolute atomic E-state index is 0.176. The van der Waals surface area contributed by atoms with E-state index in [0.717, 1.165) is 72.7 Å². The molecule has 3 aromatic rings. The first-order valence-electron chi connectivity index (χ1n) is 11.1. The van der Waals surface area contributed by atoms with Crippen LogP contribution in [-0.4, -0.2) is 65.7 Å². The highest BCUT2D eigenvalue weighted by molar-refractivity contribution is 7.73. The van der Waals surface area contributed by atoms with E-state index >= 15 is 0 Å². The Morgan fingerprint density at radius 2 is 2.06 bits per heavy atom. The number of aromatic amines is 1. The number of fused-ring (bicyclic) bond motifs is 3. The van der Waals surface area contributed by atoms with E-state index in [4.69, 9.17) is 4.74 Å². The number of hydrogen-bond donors (Lipinski definition) is 2. The minimum atomic E-state index is -2.50. The van der Waals surface area contributed by atoms with Gasteiger partial charge < -0.3 is 9.72 Å². The number of ether oxygens (including phenoxy) is 1. The van der Waals surface area contributed by atoms with E-state index in [1.54, 1.807) is 13.3 Å². The molecular formula is C22H29N5O3S. The zero-order valence-corrected chi connectivity index (χ0v) is 18.6. The van der Waals surface area contributed by atoms with Crippen LogP contribution in [0.4, 0.5) is 0 Å². The Morgan fingerprint density at radius 3 is 2.84 bits per heavy atom. The van der Waals surface area contributed by atoms with Crippen LogP contribution in [0.5, 0.6) is 0 Å². The molecule has 0 spiro atoms. The van der Waals surface area contributed by atoms with Gasteiger partial charge in [-0.2, -0.15) is 10.2 Å². The predicted octanol–water partition coefficient (Wildman–Crippen LogP) is 2.69. The quantitative estimate of drug-likeness (QED) is 0.565. The summed E-state index contributed by atoms with van der Waals surface area (Å²) in [5, 5.41) is 11.6. The molecule has 2 unspecified atom stereocenters. The first kappa shape index (κ1) is 20.8. The Labute approximate surface area is 183 Å². The fraction of sp³-hybridized carbons (Fsp3) is 0.591. The van der Waals surface area contributed by atoms with Crippen LogP contribution < -0.4 is 0 Å². The zero-order chi connectivity index (χ0) is 21.4. The summed E-state index contributed by atoms with van der Waals surface area (Å²) >= 11 is 0. The second kappa shape index (κ2) is 8.80. The smallest absolute Gasteiger partial charge is 0.156 e. The van der Waals surface area contributed by atoms with E-state index in [9.17, 15) is 8.42 Å². The standard InChI is InChI=1S/C22H29N5O3S/c1-30-13-14-7-9-27(12-14)22(31(28)29)16-4-2-15(3-5-16)20-19-17(11-25-26-20)10-24-21-18(19)6-8-23-21/h6,8,10-11,14-16,22,31H,2-5,7,9,12-13H2,1H3,(H,23,24). The van der Waals surface area contributed by atoms with Gasteiger partial charge in [-0.25, -0.2) is 13.4 Å². The number of methoxy groups -OCH3 is 1. The average Bonchev–Trinajstić information content (AvgIpc) is 3.44. The Kier molecular flexibility index (Phi) is 5.90. The van der Waals surface area contributed by atoms with Gasteiger partial charge in [0.05, 0.1) is 18.5 Å². The number of pyridine rings is 1. The van der Waals surface area contributed by atoms with Gasteiger partial charge in [0.2, 0.25) is 0 Å². The third-order valence-electron chi connectivity index (χ3n) is 7.12. The van der Waals surface area contributed by atoms with Crippen LogP contribution in [0, 0.1) is 11.8 Å². The predicted molar refractivity (Wildman–Crippen MR) is 120 cm³/mol. The molecule has 166 valence electrons. The van der Waals surface area contributed by atoms with Crippen molar-refractivity contribution in [3.63, 3.8) is 0 Å². The molecular weight excluding hydrogens is 414 g/mol. The molecule has 0 radical (unpaired) electrons. The lowest BCUT2D eigenvalue weighted by Gasteiger charge is -2.35. The molecule has 1 saturated heterocycles. The third kappa shape index (κ3) is 3.94. The molecule has 2 fully saturated rings. The SMILES string of the molecule is COCC1CCN(C(C2CCC(c3nncc4cnc5[nH]ccc5c34)CC2)[SH](=O)=O)C1. The molecule has 0 bridgehead atoms. The van der Waals surface area contributed by atoms with Crippen molar-refractivity contribution in [2.45, 2.75) is 43.4 Å². The van der Waals surface area contributed by atoms with Gasteiger partial charge >= 0.3 is 0 Å². The molecule has 0 aromatic carbocycles. The lowest BCUT2D eigenvalue weighted by Crippen LogP contribution is -2.42. The summed E-state index contributed by atoms with van der Waals surface area (Å²) in [5.41, 5.74) is 1.88. The van der Waals surface area contributed by atoms with Crippen molar-refractivity contribution in [1.82, 2.24) is 25.1 Å². The van der Waals surface area contributed by atoms with Crippen LogP contribution in [0.2, 0.25) is 0 Å². The van der Waals surface area contributed by atoms with E-state index in [2.05, 4.69) is 25.1 Å². The number of thiol groups is 1. The van der Waals surface area contributed by atoms with Crippen LogP contribution >= 0.6 is 0 Å². The molecule has 4 heterocycles. The van der Waals surface area contributed by atoms with Crippen LogP contribution in [-0.2, 0) is 15.4 Å². The highest BCUT2D eigenvalue weighted by Crippen LogP contribution is 2.41. The molecule has 2 atom stereocenters. The summed E-state index contributed by atoms with van der Waals surface area (Å²) < 4.78 is 29.7. The zero-order valence-electron chi connectivity index (χ0n) is 17.7. The highest BCUT2D eigenvalue weighted by atomic mass is 32.2. The van der Waals surface area contributed by atoms with E-state index in [0.29, 0.717) is 12.5 Å². The largest absolute Gasteiger partial charge is 0.384 e. The van der Waals surface area contributed by atoms with Crippen molar-refractivity contribution >= 4 is 32.5 Å². The number of aromatic nitrogens is 4. The van der Waals surface area contributed by atoms with Gasteiger partial charge in [0.25, 0.3) is 0 Å². The van der Waals surface area contributed by atoms with Crippen molar-refractivity contribution in [2.75, 3.05) is 26.8 Å². The molecule has 3 aromatic heterocycles. The number of H-pyrrole nitrogens is 1. The molecule has 8 nitrogen and oxygen atoms in total. The van der Waals surface area contributed by atoms with Crippen molar-refractivity contribution in [3.8, 4) is 0 Å². The fourth-order valence-corrected chi connectivity index (χ4v) is 6.78. The lowest BCUT2D eigenvalue weighted by molar-refractivity contribution is 0.142. The topological polar surface area (TPSA) is 101 Å². The Morgan fingerprint density at radius 1 is 1.23 bits per heavy atom. The van der Waals surface area contributed by atoms with Gasteiger partial charge in [-0.05, 0) is 56.6 Å². The molecule has 9 heteroatoms. The maximum absolute atomic E-state index is 12.2. The molecule has 1 N–H and O–H groups in total. The fourth-order valence-electron chi connectivity index (χ4n) is 5.67. The minimum Gasteiger partial charge on any atom is -0.384 e. The van der Waals surface area contributed by atoms with Gasteiger partial charge in [0, 0.05) is 48.1 Å². The Bertz CT molecular complexity index is 1130. The monoisotopic (exact) mass is 443 g/mol. The van der Waals surface area contributed by atoms with Gasteiger partial charge in [-0.15, -0.1) is 0 Å². The van der Waals surface area contributed by atoms with Crippen LogP contribution in [0.3, 0.4) is 0 Å². The Balaban J connectivity index is 1.35. The summed E-state index contributed by atoms with van der Waals surface area (Å²) in [4.78, 5) is 9.82. The summed E-state index contributed by atoms with van der Waals surface area (Å²) in [6, 6.07) is 2.05. The van der Waals surface area contributed by atoms with Gasteiger partial charge in [0.1, 0.15) is 11.0 Å². The van der Waals surface area contributed by atoms with E-state index < -0.39 is 10.7 Å². The highest BCUT2D eigenvalue weighted by Gasteiger charge is 2.37. The van der Waals surface area contributed by atoms with Gasteiger partial charge in [-0.3, -0.25) is 4.90 Å². The van der Waals surface area contributed by atoms with Crippen molar-refractivity contribution in [1.29, 1.82) is 0 Å². The Hall–Kier alpha value is -2.10. The second-order valence-electron chi connectivity index (χ2n) is 8.97. The van der Waals surface area contributed by atoms with E-state index in [-0.39, 0.29) is 17.2 Å². The van der Waals surface area contributed by atoms with Crippen LogP contribution in [0.15, 0.2) is 24.7 Å². The van der Waals surface area contributed by atoms with E-state index in [1.807, 2.05) is 18.5 Å². The first-order chi connectivity index (χ1) is 15.2. The third-order valence-corrected chi connectivity index (χ3v) is 8.30.